The summed E-state index contributed by atoms with van der Waals surface area (Å²) in [7, 11) is 1.47. The van der Waals surface area contributed by atoms with Gasteiger partial charge < -0.3 is 24.8 Å². The molecule has 2 N–H and O–H groups in total. The van der Waals surface area contributed by atoms with Crippen molar-refractivity contribution in [1.29, 1.82) is 0 Å². The average molecular weight is 629 g/mol. The number of rotatable bonds is 11. The van der Waals surface area contributed by atoms with Crippen LogP contribution in [0.2, 0.25) is 0 Å². The summed E-state index contributed by atoms with van der Waals surface area (Å²) in [6.07, 6.45) is 16.1. The van der Waals surface area contributed by atoms with Crippen molar-refractivity contribution in [3.05, 3.63) is 23.8 Å². The van der Waals surface area contributed by atoms with Gasteiger partial charge in [-0.3, -0.25) is 0 Å². The number of alkyl carbamates (subject to hydrolysis) is 1. The van der Waals surface area contributed by atoms with Crippen molar-refractivity contribution in [3.8, 4) is 0 Å². The molecule has 4 aliphatic rings. The third-order valence-corrected chi connectivity index (χ3v) is 13.0. The predicted molar refractivity (Wildman–Crippen MR) is 181 cm³/mol. The van der Waals surface area contributed by atoms with Crippen LogP contribution < -0.4 is 5.32 Å². The zero-order valence-corrected chi connectivity index (χ0v) is 29.8. The zero-order valence-electron chi connectivity index (χ0n) is 29.8. The molecule has 0 aromatic heterocycles. The minimum absolute atomic E-state index is 0.0871. The summed E-state index contributed by atoms with van der Waals surface area (Å²) in [5.41, 5.74) is 2.10. The van der Waals surface area contributed by atoms with E-state index in [4.69, 9.17) is 9.47 Å². The number of nitrogens with zero attached hydrogens (tertiary/aromatic N) is 1. The van der Waals surface area contributed by atoms with Crippen molar-refractivity contribution < 1.29 is 24.2 Å². The monoisotopic (exact) mass is 628 g/mol. The van der Waals surface area contributed by atoms with Crippen molar-refractivity contribution >= 4 is 12.2 Å². The molecule has 256 valence electrons. The van der Waals surface area contributed by atoms with Gasteiger partial charge in [0.15, 0.2) is 0 Å². The van der Waals surface area contributed by atoms with E-state index in [-0.39, 0.29) is 30.7 Å². The van der Waals surface area contributed by atoms with E-state index in [2.05, 4.69) is 65.1 Å². The molecule has 0 aromatic carbocycles. The Bertz CT molecular complexity index is 1090. The van der Waals surface area contributed by atoms with Crippen LogP contribution in [-0.2, 0) is 9.47 Å². The lowest BCUT2D eigenvalue weighted by molar-refractivity contribution is -0.0574. The predicted octanol–water partition coefficient (Wildman–Crippen LogP) is 8.37. The zero-order chi connectivity index (χ0) is 33.1. The topological polar surface area (TPSA) is 88.1 Å². The van der Waals surface area contributed by atoms with Crippen LogP contribution in [0.25, 0.3) is 0 Å². The van der Waals surface area contributed by atoms with E-state index >= 15 is 0 Å². The Morgan fingerprint density at radius 1 is 1.07 bits per heavy atom. The van der Waals surface area contributed by atoms with Gasteiger partial charge in [-0.1, -0.05) is 65.3 Å². The van der Waals surface area contributed by atoms with Gasteiger partial charge in [-0.15, -0.1) is 0 Å². The number of amides is 2. The summed E-state index contributed by atoms with van der Waals surface area (Å²) in [6, 6.07) is -0.156. The van der Waals surface area contributed by atoms with Crippen LogP contribution in [0.1, 0.15) is 113 Å². The number of ether oxygens (including phenoxy) is 2. The molecule has 45 heavy (non-hydrogen) atoms. The van der Waals surface area contributed by atoms with Crippen molar-refractivity contribution in [2.24, 2.45) is 52.3 Å². The minimum Gasteiger partial charge on any atom is -0.446 e. The fourth-order valence-electron chi connectivity index (χ4n) is 10.2. The summed E-state index contributed by atoms with van der Waals surface area (Å²) in [6.45, 7) is 18.2. The first-order valence-electron chi connectivity index (χ1n) is 18.1. The number of hydrogen-bond donors (Lipinski definition) is 2. The van der Waals surface area contributed by atoms with Gasteiger partial charge in [-0.05, 0) is 117 Å². The van der Waals surface area contributed by atoms with Crippen LogP contribution in [-0.4, -0.2) is 60.6 Å². The third kappa shape index (κ3) is 7.44. The SMILES string of the molecule is CC[C@H](/C=C/[C@@H](C)[C@H]1CC[C@H]2[C@@H]3CC=C4C[C@@H](OC(=O)N(CC(CO)OC(=O)NC)C(C)C)CC[C@]4(C)[C@H]3CC[C@]12C)C(C)C. The maximum absolute atomic E-state index is 13.3. The second kappa shape index (κ2) is 14.8. The Morgan fingerprint density at radius 3 is 2.42 bits per heavy atom. The number of carbonyl (C=O) groups is 2. The molecule has 0 aromatic rings. The van der Waals surface area contributed by atoms with Crippen LogP contribution in [0.4, 0.5) is 9.59 Å². The van der Waals surface area contributed by atoms with E-state index in [1.165, 1.54) is 44.7 Å². The molecule has 3 saturated carbocycles. The van der Waals surface area contributed by atoms with Gasteiger partial charge in [0.2, 0.25) is 0 Å². The minimum atomic E-state index is -0.813. The Kier molecular flexibility index (Phi) is 11.8. The lowest BCUT2D eigenvalue weighted by atomic mass is 9.47. The van der Waals surface area contributed by atoms with Gasteiger partial charge in [0.25, 0.3) is 0 Å². The molecule has 4 aliphatic carbocycles. The largest absolute Gasteiger partial charge is 0.446 e. The summed E-state index contributed by atoms with van der Waals surface area (Å²) < 4.78 is 11.3. The number of fused-ring (bicyclic) bond motifs is 5. The fourth-order valence-corrected chi connectivity index (χ4v) is 10.2. The molecule has 0 bridgehead atoms. The summed E-state index contributed by atoms with van der Waals surface area (Å²) >= 11 is 0. The van der Waals surface area contributed by atoms with Crippen LogP contribution in [0, 0.1) is 52.3 Å². The van der Waals surface area contributed by atoms with Gasteiger partial charge in [-0.2, -0.15) is 0 Å². The Hall–Kier alpha value is -2.02. The van der Waals surface area contributed by atoms with Gasteiger partial charge in [0, 0.05) is 19.5 Å². The molecule has 7 heteroatoms. The number of aliphatic hydroxyl groups excluding tert-OH is 1. The highest BCUT2D eigenvalue weighted by atomic mass is 16.6. The molecule has 2 amide bonds. The van der Waals surface area contributed by atoms with Crippen LogP contribution in [0.5, 0.6) is 0 Å². The third-order valence-electron chi connectivity index (χ3n) is 13.0. The Labute approximate surface area is 273 Å². The average Bonchev–Trinajstić information content (AvgIpc) is 3.36. The molecule has 0 spiro atoms. The van der Waals surface area contributed by atoms with Crippen LogP contribution in [0.3, 0.4) is 0 Å². The van der Waals surface area contributed by atoms with Gasteiger partial charge >= 0.3 is 12.2 Å². The van der Waals surface area contributed by atoms with E-state index in [1.54, 1.807) is 4.90 Å². The first-order valence-corrected chi connectivity index (χ1v) is 18.1. The number of hydrogen-bond acceptors (Lipinski definition) is 5. The maximum atomic E-state index is 13.3. The number of carbonyl (C=O) groups excluding carboxylic acids is 2. The molecule has 0 heterocycles. The normalized spacial score (nSPS) is 34.8. The number of allylic oxidation sites excluding steroid dienone is 3. The highest BCUT2D eigenvalue weighted by molar-refractivity contribution is 5.69. The number of aliphatic hydroxyl groups is 1. The van der Waals surface area contributed by atoms with Gasteiger partial charge in [-0.25, -0.2) is 9.59 Å². The molecule has 0 radical (unpaired) electrons. The summed E-state index contributed by atoms with van der Waals surface area (Å²) in [4.78, 5) is 26.6. The van der Waals surface area contributed by atoms with Crippen LogP contribution >= 0.6 is 0 Å². The molecule has 0 saturated heterocycles. The maximum Gasteiger partial charge on any atom is 0.410 e. The summed E-state index contributed by atoms with van der Waals surface area (Å²) in [5, 5.41) is 12.1. The van der Waals surface area contributed by atoms with E-state index in [9.17, 15) is 14.7 Å². The first kappa shape index (κ1) is 35.8. The molecule has 1 unspecified atom stereocenters. The highest BCUT2D eigenvalue weighted by Crippen LogP contribution is 2.67. The fraction of sp³-hybridized carbons (Fsp3) is 0.842. The first-order chi connectivity index (χ1) is 21.3. The summed E-state index contributed by atoms with van der Waals surface area (Å²) in [5.74, 6) is 5.04. The van der Waals surface area contributed by atoms with Crippen molar-refractivity contribution in [2.75, 3.05) is 20.2 Å². The smallest absolute Gasteiger partial charge is 0.410 e. The van der Waals surface area contributed by atoms with Crippen molar-refractivity contribution in [2.45, 2.75) is 131 Å². The van der Waals surface area contributed by atoms with E-state index in [1.807, 2.05) is 13.8 Å². The van der Waals surface area contributed by atoms with E-state index < -0.39 is 18.3 Å². The van der Waals surface area contributed by atoms with Crippen LogP contribution in [0.15, 0.2) is 23.8 Å². The molecule has 7 nitrogen and oxygen atoms in total. The second-order valence-corrected chi connectivity index (χ2v) is 16.0. The molecular weight excluding hydrogens is 564 g/mol. The van der Waals surface area contributed by atoms with Gasteiger partial charge in [0.05, 0.1) is 13.2 Å². The molecule has 4 rings (SSSR count). The van der Waals surface area contributed by atoms with Crippen molar-refractivity contribution in [1.82, 2.24) is 10.2 Å². The molecule has 0 aliphatic heterocycles. The second-order valence-electron chi connectivity index (χ2n) is 16.0. The molecule has 3 fully saturated rings. The molecule has 10 atom stereocenters. The molecular formula is C38H64N2O5. The Balaban J connectivity index is 1.41. The van der Waals surface area contributed by atoms with E-state index in [0.717, 1.165) is 43.4 Å². The lowest BCUT2D eigenvalue weighted by Crippen LogP contribution is -2.51. The van der Waals surface area contributed by atoms with Crippen molar-refractivity contribution in [3.63, 3.8) is 0 Å². The quantitative estimate of drug-likeness (QED) is 0.225. The van der Waals surface area contributed by atoms with Gasteiger partial charge in [0.1, 0.15) is 12.2 Å². The highest BCUT2D eigenvalue weighted by Gasteiger charge is 2.59. The number of nitrogens with one attached hydrogen (secondary N) is 1. The lowest BCUT2D eigenvalue weighted by Gasteiger charge is -2.58. The Morgan fingerprint density at radius 2 is 1.80 bits per heavy atom. The standard InChI is InChI=1S/C38H64N2O5/c1-10-27(24(2)3)12-11-26(6)32-15-16-33-31-14-13-28-21-29(17-19-37(28,7)34(31)18-20-38(32,33)8)45-36(43)40(25(4)5)22-30(23-41)44-35(42)39-9/h11-13,24-27,29-34,41H,10,14-23H2,1-9H3,(H,39,42)/b12-11+/t26-,27-,29+,30?,31+,32-,33+,34+,37+,38-/m1/s1. The van der Waals surface area contributed by atoms with E-state index in [0.29, 0.717) is 29.1 Å².